The highest BCUT2D eigenvalue weighted by Crippen LogP contribution is 2.40. The number of ether oxygens (including phenoxy) is 1. The molecule has 2 atom stereocenters. The molecule has 2 N–H and O–H groups in total. The molecule has 104 valence electrons. The van der Waals surface area contributed by atoms with Crippen LogP contribution in [0, 0.1) is 0 Å². The first-order valence-electron chi connectivity index (χ1n) is 7.31. The highest BCUT2D eigenvalue weighted by atomic mass is 16.5. The van der Waals surface area contributed by atoms with Crippen LogP contribution in [0.2, 0.25) is 0 Å². The van der Waals surface area contributed by atoms with Gasteiger partial charge >= 0.3 is 0 Å². The zero-order chi connectivity index (χ0) is 13.5. The van der Waals surface area contributed by atoms with Crippen LogP contribution in [0.5, 0.6) is 5.75 Å². The molecule has 2 heterocycles. The Morgan fingerprint density at radius 1 is 1.16 bits per heavy atom. The number of nitrogens with one attached hydrogen (secondary N) is 1. The molecule has 2 unspecified atom stereocenters. The molecule has 0 aliphatic carbocycles. The first-order valence-corrected chi connectivity index (χ1v) is 7.31. The van der Waals surface area contributed by atoms with Crippen LogP contribution < -0.4 is 10.1 Å². The van der Waals surface area contributed by atoms with Crippen LogP contribution in [0.1, 0.15) is 45.1 Å². The van der Waals surface area contributed by atoms with Gasteiger partial charge in [0.15, 0.2) is 0 Å². The zero-order valence-electron chi connectivity index (χ0n) is 11.7. The summed E-state index contributed by atoms with van der Waals surface area (Å²) < 4.78 is 5.65. The summed E-state index contributed by atoms with van der Waals surface area (Å²) in [6, 6.07) is 8.94. The molecule has 19 heavy (non-hydrogen) atoms. The molecule has 3 nitrogen and oxygen atoms in total. The lowest BCUT2D eigenvalue weighted by Crippen LogP contribution is -2.46. The van der Waals surface area contributed by atoms with E-state index in [1.165, 1.54) is 12.8 Å². The van der Waals surface area contributed by atoms with Crippen molar-refractivity contribution in [2.45, 2.75) is 63.3 Å². The van der Waals surface area contributed by atoms with Gasteiger partial charge in [-0.15, -0.1) is 0 Å². The fraction of sp³-hybridized carbons (Fsp3) is 0.625. The predicted molar refractivity (Wildman–Crippen MR) is 75.3 cm³/mol. The highest BCUT2D eigenvalue weighted by molar-refractivity contribution is 5.32. The van der Waals surface area contributed by atoms with Gasteiger partial charge in [-0.2, -0.15) is 0 Å². The number of rotatable bonds is 3. The average Bonchev–Trinajstić information content (AvgIpc) is 2.69. The summed E-state index contributed by atoms with van der Waals surface area (Å²) >= 11 is 0. The van der Waals surface area contributed by atoms with Crippen molar-refractivity contribution < 1.29 is 9.84 Å². The van der Waals surface area contributed by atoms with Crippen LogP contribution >= 0.6 is 0 Å². The molecule has 3 heteroatoms. The van der Waals surface area contributed by atoms with Gasteiger partial charge in [0.1, 0.15) is 5.75 Å². The van der Waals surface area contributed by atoms with E-state index < -0.39 is 5.60 Å². The molecule has 0 amide bonds. The molecule has 1 aromatic carbocycles. The van der Waals surface area contributed by atoms with Gasteiger partial charge in [-0.25, -0.2) is 0 Å². The van der Waals surface area contributed by atoms with Crippen molar-refractivity contribution in [1.82, 2.24) is 5.32 Å². The van der Waals surface area contributed by atoms with Crippen LogP contribution in [0.4, 0.5) is 0 Å². The van der Waals surface area contributed by atoms with Crippen LogP contribution in [0.25, 0.3) is 0 Å². The molecule has 2 aliphatic rings. The van der Waals surface area contributed by atoms with Crippen LogP contribution in [-0.4, -0.2) is 23.3 Å². The van der Waals surface area contributed by atoms with E-state index >= 15 is 0 Å². The van der Waals surface area contributed by atoms with Gasteiger partial charge in [0.2, 0.25) is 0 Å². The summed E-state index contributed by atoms with van der Waals surface area (Å²) in [6.45, 7) is 4.04. The normalized spacial score (nSPS) is 33.7. The van der Waals surface area contributed by atoms with E-state index in [1.54, 1.807) is 0 Å². The predicted octanol–water partition coefficient (Wildman–Crippen LogP) is 2.58. The van der Waals surface area contributed by atoms with Gasteiger partial charge in [0.05, 0.1) is 11.7 Å². The highest BCUT2D eigenvalue weighted by Gasteiger charge is 2.43. The van der Waals surface area contributed by atoms with E-state index in [0.29, 0.717) is 12.1 Å². The Morgan fingerprint density at radius 3 is 2.26 bits per heavy atom. The molecule has 2 fully saturated rings. The van der Waals surface area contributed by atoms with Gasteiger partial charge in [-0.1, -0.05) is 12.1 Å². The molecule has 0 radical (unpaired) electrons. The quantitative estimate of drug-likeness (QED) is 0.878. The second-order valence-electron chi connectivity index (χ2n) is 6.27. The summed E-state index contributed by atoms with van der Waals surface area (Å²) in [6.07, 6.45) is 4.23. The Bertz CT molecular complexity index is 429. The van der Waals surface area contributed by atoms with E-state index in [1.807, 2.05) is 38.1 Å². The third-order valence-electron chi connectivity index (χ3n) is 4.27. The third-order valence-corrected chi connectivity index (χ3v) is 4.27. The summed E-state index contributed by atoms with van der Waals surface area (Å²) in [5.74, 6) is 0.874. The van der Waals surface area contributed by atoms with Crippen molar-refractivity contribution in [3.05, 3.63) is 29.8 Å². The first-order chi connectivity index (χ1) is 9.05. The average molecular weight is 261 g/mol. The maximum absolute atomic E-state index is 10.9. The molecule has 1 aromatic rings. The second-order valence-corrected chi connectivity index (χ2v) is 6.27. The van der Waals surface area contributed by atoms with Crippen molar-refractivity contribution in [3.8, 4) is 5.75 Å². The number of aliphatic hydroxyl groups is 1. The summed E-state index contributed by atoms with van der Waals surface area (Å²) in [7, 11) is 0. The Morgan fingerprint density at radius 2 is 1.74 bits per heavy atom. The number of hydrogen-bond acceptors (Lipinski definition) is 3. The van der Waals surface area contributed by atoms with E-state index in [4.69, 9.17) is 4.74 Å². The molecule has 0 spiro atoms. The fourth-order valence-electron chi connectivity index (χ4n) is 3.47. The molecule has 3 rings (SSSR count). The smallest absolute Gasteiger partial charge is 0.119 e. The van der Waals surface area contributed by atoms with E-state index in [9.17, 15) is 5.11 Å². The minimum absolute atomic E-state index is 0.184. The molecular weight excluding hydrogens is 238 g/mol. The van der Waals surface area contributed by atoms with Crippen molar-refractivity contribution in [2.75, 3.05) is 0 Å². The minimum Gasteiger partial charge on any atom is -0.491 e. The number of fused-ring (bicyclic) bond motifs is 2. The second kappa shape index (κ2) is 4.80. The van der Waals surface area contributed by atoms with Crippen molar-refractivity contribution in [3.63, 3.8) is 0 Å². The lowest BCUT2D eigenvalue weighted by molar-refractivity contribution is -0.0115. The molecule has 0 aromatic heterocycles. The lowest BCUT2D eigenvalue weighted by atomic mass is 9.81. The van der Waals surface area contributed by atoms with Crippen molar-refractivity contribution >= 4 is 0 Å². The standard InChI is InChI=1S/C16H23NO2/c1-11(2)19-15-7-3-12(4-8-15)16(18)9-13-5-6-14(10-16)17-13/h3-4,7-8,11,13-14,17-18H,5-6,9-10H2,1-2H3. The van der Waals surface area contributed by atoms with Crippen LogP contribution in [0.3, 0.4) is 0 Å². The van der Waals surface area contributed by atoms with Gasteiger partial charge in [-0.05, 0) is 57.2 Å². The van der Waals surface area contributed by atoms with Crippen molar-refractivity contribution in [2.24, 2.45) is 0 Å². The van der Waals surface area contributed by atoms with Gasteiger partial charge in [0.25, 0.3) is 0 Å². The number of piperidine rings is 1. The first kappa shape index (κ1) is 12.9. The molecule has 2 bridgehead atoms. The summed E-state index contributed by atoms with van der Waals surface area (Å²) in [4.78, 5) is 0. The largest absolute Gasteiger partial charge is 0.491 e. The van der Waals surface area contributed by atoms with E-state index in [0.717, 1.165) is 24.2 Å². The molecule has 2 saturated heterocycles. The van der Waals surface area contributed by atoms with Gasteiger partial charge in [-0.3, -0.25) is 0 Å². The SMILES string of the molecule is CC(C)Oc1ccc(C2(O)CC3CCC(C2)N3)cc1. The fourth-order valence-corrected chi connectivity index (χ4v) is 3.47. The van der Waals surface area contributed by atoms with Crippen LogP contribution in [-0.2, 0) is 5.60 Å². The number of hydrogen-bond donors (Lipinski definition) is 2. The van der Waals surface area contributed by atoms with Gasteiger partial charge < -0.3 is 15.2 Å². The molecule has 2 aliphatic heterocycles. The molecular formula is C16H23NO2. The topological polar surface area (TPSA) is 41.5 Å². The van der Waals surface area contributed by atoms with E-state index in [2.05, 4.69) is 5.32 Å². The van der Waals surface area contributed by atoms with Crippen molar-refractivity contribution in [1.29, 1.82) is 0 Å². The Kier molecular flexibility index (Phi) is 3.27. The van der Waals surface area contributed by atoms with Gasteiger partial charge in [0, 0.05) is 12.1 Å². The lowest BCUT2D eigenvalue weighted by Gasteiger charge is -2.37. The van der Waals surface area contributed by atoms with E-state index in [-0.39, 0.29) is 6.10 Å². The number of benzene rings is 1. The zero-order valence-corrected chi connectivity index (χ0v) is 11.7. The Hall–Kier alpha value is -1.06. The third kappa shape index (κ3) is 2.63. The monoisotopic (exact) mass is 261 g/mol. The maximum atomic E-state index is 10.9. The maximum Gasteiger partial charge on any atom is 0.119 e. The van der Waals surface area contributed by atoms with Crippen LogP contribution in [0.15, 0.2) is 24.3 Å². The minimum atomic E-state index is -0.659. The summed E-state index contributed by atoms with van der Waals surface area (Å²) in [5, 5.41) is 14.5. The Labute approximate surface area is 115 Å². The molecule has 0 saturated carbocycles. The summed E-state index contributed by atoms with van der Waals surface area (Å²) in [5.41, 5.74) is 0.370. The Balaban J connectivity index is 1.78.